The summed E-state index contributed by atoms with van der Waals surface area (Å²) in [7, 11) is 0. The fourth-order valence-electron chi connectivity index (χ4n) is 2.03. The van der Waals surface area contributed by atoms with Crippen LogP contribution < -0.4 is 10.1 Å². The van der Waals surface area contributed by atoms with Crippen molar-refractivity contribution in [1.29, 1.82) is 0 Å². The first-order valence-corrected chi connectivity index (χ1v) is 5.90. The van der Waals surface area contributed by atoms with Crippen molar-refractivity contribution in [1.82, 2.24) is 15.3 Å². The van der Waals surface area contributed by atoms with Crippen LogP contribution in [-0.4, -0.2) is 29.7 Å². The Morgan fingerprint density at radius 3 is 3.00 bits per heavy atom. The first-order chi connectivity index (χ1) is 7.74. The van der Waals surface area contributed by atoms with E-state index in [1.807, 2.05) is 19.9 Å². The van der Waals surface area contributed by atoms with E-state index in [0.29, 0.717) is 11.8 Å². The zero-order chi connectivity index (χ0) is 11.4. The van der Waals surface area contributed by atoms with E-state index in [4.69, 9.17) is 4.74 Å². The van der Waals surface area contributed by atoms with Gasteiger partial charge in [-0.2, -0.15) is 4.98 Å². The molecule has 1 aromatic heterocycles. The van der Waals surface area contributed by atoms with Crippen LogP contribution in [0.1, 0.15) is 24.4 Å². The van der Waals surface area contributed by atoms with Gasteiger partial charge in [0.15, 0.2) is 0 Å². The van der Waals surface area contributed by atoms with Crippen LogP contribution in [0, 0.1) is 19.8 Å². The van der Waals surface area contributed by atoms with E-state index in [2.05, 4.69) is 15.3 Å². The summed E-state index contributed by atoms with van der Waals surface area (Å²) in [4.78, 5) is 8.49. The van der Waals surface area contributed by atoms with Gasteiger partial charge in [0.2, 0.25) is 5.88 Å². The number of aryl methyl sites for hydroxylation is 2. The number of rotatable bonds is 3. The molecule has 88 valence electrons. The van der Waals surface area contributed by atoms with Gasteiger partial charge in [0.05, 0.1) is 6.61 Å². The van der Waals surface area contributed by atoms with E-state index in [1.165, 1.54) is 12.8 Å². The maximum absolute atomic E-state index is 5.72. The van der Waals surface area contributed by atoms with Gasteiger partial charge in [-0.15, -0.1) is 0 Å². The minimum atomic E-state index is 0.615. The van der Waals surface area contributed by atoms with Crippen molar-refractivity contribution in [2.24, 2.45) is 5.92 Å². The highest BCUT2D eigenvalue weighted by molar-refractivity contribution is 5.14. The lowest BCUT2D eigenvalue weighted by atomic mass is 10.0. The number of nitrogens with zero attached hydrogens (tertiary/aromatic N) is 2. The first kappa shape index (κ1) is 11.3. The molecule has 1 saturated heterocycles. The Bertz CT molecular complexity index is 328. The van der Waals surface area contributed by atoms with Crippen molar-refractivity contribution in [3.63, 3.8) is 0 Å². The van der Waals surface area contributed by atoms with Crippen LogP contribution in [0.3, 0.4) is 0 Å². The van der Waals surface area contributed by atoms with Crippen molar-refractivity contribution in [2.75, 3.05) is 19.7 Å². The molecule has 1 aromatic rings. The van der Waals surface area contributed by atoms with E-state index in [-0.39, 0.29) is 0 Å². The first-order valence-electron chi connectivity index (χ1n) is 5.90. The molecule has 1 atom stereocenters. The molecule has 0 bridgehead atoms. The van der Waals surface area contributed by atoms with E-state index >= 15 is 0 Å². The van der Waals surface area contributed by atoms with Gasteiger partial charge < -0.3 is 10.1 Å². The molecule has 0 spiro atoms. The van der Waals surface area contributed by atoms with Gasteiger partial charge in [-0.05, 0) is 33.2 Å². The van der Waals surface area contributed by atoms with Crippen molar-refractivity contribution >= 4 is 0 Å². The molecule has 1 aliphatic rings. The second kappa shape index (κ2) is 5.25. The third kappa shape index (κ3) is 3.17. The van der Waals surface area contributed by atoms with Gasteiger partial charge in [-0.3, -0.25) is 0 Å². The molecule has 0 amide bonds. The fraction of sp³-hybridized carbons (Fsp3) is 0.667. The van der Waals surface area contributed by atoms with E-state index in [0.717, 1.165) is 31.2 Å². The molecule has 1 unspecified atom stereocenters. The van der Waals surface area contributed by atoms with E-state index < -0.39 is 0 Å². The highest BCUT2D eigenvalue weighted by Gasteiger charge is 2.13. The average molecular weight is 221 g/mol. The van der Waals surface area contributed by atoms with Gasteiger partial charge in [0.1, 0.15) is 5.82 Å². The molecule has 1 aliphatic heterocycles. The highest BCUT2D eigenvalue weighted by Crippen LogP contribution is 2.13. The Balaban J connectivity index is 1.88. The van der Waals surface area contributed by atoms with Crippen LogP contribution in [0.25, 0.3) is 0 Å². The third-order valence-corrected chi connectivity index (χ3v) is 2.81. The van der Waals surface area contributed by atoms with Crippen molar-refractivity contribution in [2.45, 2.75) is 26.7 Å². The summed E-state index contributed by atoms with van der Waals surface area (Å²) < 4.78 is 5.72. The molecular weight excluding hydrogens is 202 g/mol. The van der Waals surface area contributed by atoms with E-state index in [9.17, 15) is 0 Å². The molecule has 0 aromatic carbocycles. The Morgan fingerprint density at radius 1 is 1.44 bits per heavy atom. The topological polar surface area (TPSA) is 47.0 Å². The lowest BCUT2D eigenvalue weighted by Gasteiger charge is -2.22. The normalized spacial score (nSPS) is 20.8. The van der Waals surface area contributed by atoms with Gasteiger partial charge in [-0.25, -0.2) is 4.98 Å². The molecule has 16 heavy (non-hydrogen) atoms. The number of hydrogen-bond donors (Lipinski definition) is 1. The van der Waals surface area contributed by atoms with Crippen molar-refractivity contribution in [3.8, 4) is 5.88 Å². The zero-order valence-electron chi connectivity index (χ0n) is 9.99. The Labute approximate surface area is 96.4 Å². The summed E-state index contributed by atoms with van der Waals surface area (Å²) in [6, 6.07) is 1.89. The molecule has 4 nitrogen and oxygen atoms in total. The van der Waals surface area contributed by atoms with Gasteiger partial charge in [-0.1, -0.05) is 0 Å². The van der Waals surface area contributed by atoms with Crippen LogP contribution in [0.4, 0.5) is 0 Å². The quantitative estimate of drug-likeness (QED) is 0.839. The standard InChI is InChI=1S/C12H19N3O/c1-9-6-12(15-10(2)14-9)16-8-11-4-3-5-13-7-11/h6,11,13H,3-5,7-8H2,1-2H3. The van der Waals surface area contributed by atoms with E-state index in [1.54, 1.807) is 0 Å². The predicted octanol–water partition coefficient (Wildman–Crippen LogP) is 1.47. The fourth-order valence-corrected chi connectivity index (χ4v) is 2.03. The molecule has 0 aliphatic carbocycles. The van der Waals surface area contributed by atoms with Crippen LogP contribution in [0.15, 0.2) is 6.07 Å². The Hall–Kier alpha value is -1.16. The molecule has 2 rings (SSSR count). The second-order valence-electron chi connectivity index (χ2n) is 4.42. The van der Waals surface area contributed by atoms with Crippen LogP contribution in [-0.2, 0) is 0 Å². The summed E-state index contributed by atoms with van der Waals surface area (Å²) in [5, 5.41) is 3.38. The number of nitrogens with one attached hydrogen (secondary N) is 1. The minimum absolute atomic E-state index is 0.615. The average Bonchev–Trinajstić information content (AvgIpc) is 2.27. The molecule has 2 heterocycles. The lowest BCUT2D eigenvalue weighted by molar-refractivity contribution is 0.211. The maximum Gasteiger partial charge on any atom is 0.216 e. The molecule has 0 saturated carbocycles. The van der Waals surface area contributed by atoms with Crippen LogP contribution in [0.5, 0.6) is 5.88 Å². The number of ether oxygens (including phenoxy) is 1. The maximum atomic E-state index is 5.72. The minimum Gasteiger partial charge on any atom is -0.477 e. The highest BCUT2D eigenvalue weighted by atomic mass is 16.5. The number of piperidine rings is 1. The molecule has 1 N–H and O–H groups in total. The van der Waals surface area contributed by atoms with Gasteiger partial charge in [0.25, 0.3) is 0 Å². The van der Waals surface area contributed by atoms with Crippen molar-refractivity contribution < 1.29 is 4.74 Å². The molecule has 1 fully saturated rings. The number of aromatic nitrogens is 2. The van der Waals surface area contributed by atoms with Gasteiger partial charge in [0, 0.05) is 24.2 Å². The summed E-state index contributed by atoms with van der Waals surface area (Å²) in [5.74, 6) is 2.09. The summed E-state index contributed by atoms with van der Waals surface area (Å²) in [6.07, 6.45) is 2.49. The van der Waals surface area contributed by atoms with Crippen LogP contribution in [0.2, 0.25) is 0 Å². The van der Waals surface area contributed by atoms with Crippen molar-refractivity contribution in [3.05, 3.63) is 17.6 Å². The smallest absolute Gasteiger partial charge is 0.216 e. The molecule has 0 radical (unpaired) electrons. The largest absolute Gasteiger partial charge is 0.477 e. The lowest BCUT2D eigenvalue weighted by Crippen LogP contribution is -2.33. The summed E-state index contributed by atoms with van der Waals surface area (Å²) >= 11 is 0. The predicted molar refractivity (Wildman–Crippen MR) is 62.6 cm³/mol. The zero-order valence-corrected chi connectivity index (χ0v) is 9.99. The number of hydrogen-bond acceptors (Lipinski definition) is 4. The second-order valence-corrected chi connectivity index (χ2v) is 4.42. The van der Waals surface area contributed by atoms with Gasteiger partial charge >= 0.3 is 0 Å². The molecule has 4 heteroatoms. The third-order valence-electron chi connectivity index (χ3n) is 2.81. The monoisotopic (exact) mass is 221 g/mol. The van der Waals surface area contributed by atoms with Crippen LogP contribution >= 0.6 is 0 Å². The Kier molecular flexibility index (Phi) is 3.72. The SMILES string of the molecule is Cc1cc(OCC2CCCNC2)nc(C)n1. The molecular formula is C12H19N3O. The summed E-state index contributed by atoms with van der Waals surface area (Å²) in [6.45, 7) is 6.81. The Morgan fingerprint density at radius 2 is 2.31 bits per heavy atom. The summed E-state index contributed by atoms with van der Waals surface area (Å²) in [5.41, 5.74) is 0.962.